The lowest BCUT2D eigenvalue weighted by atomic mass is 9.82. The number of thioether (sulfide) groups is 1. The maximum Gasteiger partial charge on any atom is 0.128 e. The lowest BCUT2D eigenvalue weighted by Crippen LogP contribution is -2.40. The average Bonchev–Trinajstić information content (AvgIpc) is 2.70. The molecule has 2 rings (SSSR count). The Hall–Kier alpha value is -2.33. The van der Waals surface area contributed by atoms with Gasteiger partial charge in [-0.25, -0.2) is 4.99 Å². The molecule has 4 heteroatoms. The van der Waals surface area contributed by atoms with Gasteiger partial charge in [-0.1, -0.05) is 63.1 Å². The van der Waals surface area contributed by atoms with Crippen molar-refractivity contribution in [2.45, 2.75) is 58.8 Å². The minimum absolute atomic E-state index is 0.413. The summed E-state index contributed by atoms with van der Waals surface area (Å²) in [5, 5.41) is 0. The Morgan fingerprint density at radius 3 is 2.42 bits per heavy atom. The molecule has 0 aromatic heterocycles. The van der Waals surface area contributed by atoms with Crippen LogP contribution in [0.25, 0.3) is 0 Å². The summed E-state index contributed by atoms with van der Waals surface area (Å²) in [5.74, 6) is 0.935. The summed E-state index contributed by atoms with van der Waals surface area (Å²) in [7, 11) is 0. The molecule has 0 N–H and O–H groups in total. The molecule has 1 saturated heterocycles. The topological polar surface area (TPSA) is 28.0 Å². The minimum Gasteiger partial charge on any atom is -0.357 e. The first-order chi connectivity index (χ1) is 14.6. The fourth-order valence-electron chi connectivity index (χ4n) is 3.35. The van der Waals surface area contributed by atoms with Crippen molar-refractivity contribution < 1.29 is 0 Å². The van der Waals surface area contributed by atoms with E-state index in [1.165, 1.54) is 18.4 Å². The van der Waals surface area contributed by atoms with Crippen LogP contribution in [0.4, 0.5) is 0 Å². The van der Waals surface area contributed by atoms with Gasteiger partial charge in [0.05, 0.1) is 11.4 Å². The number of rotatable bonds is 8. The van der Waals surface area contributed by atoms with E-state index >= 15 is 0 Å². The molecular formula is C27H37N3S. The van der Waals surface area contributed by atoms with Crippen LogP contribution in [-0.2, 0) is 6.42 Å². The van der Waals surface area contributed by atoms with E-state index in [2.05, 4.69) is 74.7 Å². The van der Waals surface area contributed by atoms with Crippen LogP contribution in [0.5, 0.6) is 0 Å². The van der Waals surface area contributed by atoms with Gasteiger partial charge in [0.1, 0.15) is 5.84 Å². The van der Waals surface area contributed by atoms with Gasteiger partial charge in [0, 0.05) is 29.1 Å². The molecule has 0 spiro atoms. The van der Waals surface area contributed by atoms with Gasteiger partial charge in [-0.05, 0) is 69.2 Å². The van der Waals surface area contributed by atoms with Gasteiger partial charge in [0.2, 0.25) is 0 Å². The molecule has 1 aromatic rings. The van der Waals surface area contributed by atoms with Crippen LogP contribution in [0, 0.1) is 5.41 Å². The van der Waals surface area contributed by atoms with Crippen LogP contribution in [0.3, 0.4) is 0 Å². The molecule has 3 nitrogen and oxygen atoms in total. The molecule has 166 valence electrons. The number of allylic oxidation sites excluding steroid dienone is 4. The number of hydrogen-bond acceptors (Lipinski definition) is 3. The van der Waals surface area contributed by atoms with Crippen molar-refractivity contribution in [2.75, 3.05) is 13.1 Å². The summed E-state index contributed by atoms with van der Waals surface area (Å²) in [4.78, 5) is 13.8. The number of piperidine rings is 1. The molecule has 0 radical (unpaired) electrons. The third-order valence-electron chi connectivity index (χ3n) is 5.48. The summed E-state index contributed by atoms with van der Waals surface area (Å²) < 4.78 is 0. The SMILES string of the molecule is C=C\C(=N/C(C)=C(C)/N=C\C(=C)Sc1cccc(CC(=C)C)c1)N1CCC(C)(C)CC1. The van der Waals surface area contributed by atoms with Crippen LogP contribution in [0.1, 0.15) is 53.0 Å². The number of benzene rings is 1. The number of hydrogen-bond donors (Lipinski definition) is 0. The number of nitrogens with zero attached hydrogens (tertiary/aromatic N) is 3. The monoisotopic (exact) mass is 435 g/mol. The zero-order valence-corrected chi connectivity index (χ0v) is 20.7. The first-order valence-corrected chi connectivity index (χ1v) is 11.7. The molecule has 0 bridgehead atoms. The van der Waals surface area contributed by atoms with E-state index < -0.39 is 0 Å². The van der Waals surface area contributed by atoms with Gasteiger partial charge in [0.15, 0.2) is 0 Å². The van der Waals surface area contributed by atoms with Crippen LogP contribution in [0.15, 0.2) is 86.8 Å². The molecular weight excluding hydrogens is 398 g/mol. The van der Waals surface area contributed by atoms with Crippen LogP contribution < -0.4 is 0 Å². The van der Waals surface area contributed by atoms with Gasteiger partial charge in [-0.15, -0.1) is 0 Å². The van der Waals surface area contributed by atoms with Gasteiger partial charge < -0.3 is 4.90 Å². The summed E-state index contributed by atoms with van der Waals surface area (Å²) >= 11 is 1.62. The van der Waals surface area contributed by atoms with Crippen LogP contribution in [0.2, 0.25) is 0 Å². The third-order valence-corrected chi connectivity index (χ3v) is 6.34. The summed E-state index contributed by atoms with van der Waals surface area (Å²) in [6.45, 7) is 24.9. The number of aliphatic imine (C=N–C) groups is 2. The molecule has 31 heavy (non-hydrogen) atoms. The number of amidine groups is 1. The maximum atomic E-state index is 4.81. The highest BCUT2D eigenvalue weighted by atomic mass is 32.2. The normalized spacial score (nSPS) is 17.5. The van der Waals surface area contributed by atoms with E-state index in [0.717, 1.165) is 52.1 Å². The first-order valence-electron chi connectivity index (χ1n) is 10.9. The quantitative estimate of drug-likeness (QED) is 0.184. The minimum atomic E-state index is 0.413. The van der Waals surface area contributed by atoms with Crippen LogP contribution >= 0.6 is 11.8 Å². The smallest absolute Gasteiger partial charge is 0.128 e. The molecule has 1 aromatic carbocycles. The van der Waals surface area contributed by atoms with E-state index in [9.17, 15) is 0 Å². The molecule has 0 unspecified atom stereocenters. The fraction of sp³-hybridized carbons (Fsp3) is 0.407. The van der Waals surface area contributed by atoms with Crippen molar-refractivity contribution in [3.63, 3.8) is 0 Å². The van der Waals surface area contributed by atoms with Crippen molar-refractivity contribution >= 4 is 23.8 Å². The first kappa shape index (κ1) is 24.9. The fourth-order valence-corrected chi connectivity index (χ4v) is 4.11. The highest BCUT2D eigenvalue weighted by Gasteiger charge is 2.26. The molecule has 0 aliphatic carbocycles. The van der Waals surface area contributed by atoms with Gasteiger partial charge in [-0.3, -0.25) is 4.99 Å². The summed E-state index contributed by atoms with van der Waals surface area (Å²) in [5.41, 5.74) is 4.62. The molecule has 0 amide bonds. The second kappa shape index (κ2) is 11.3. The Labute approximate surface area is 193 Å². The van der Waals surface area contributed by atoms with Crippen LogP contribution in [-0.4, -0.2) is 30.0 Å². The molecule has 1 aliphatic rings. The lowest BCUT2D eigenvalue weighted by Gasteiger charge is -2.38. The average molecular weight is 436 g/mol. The van der Waals surface area contributed by atoms with Crippen molar-refractivity contribution in [3.8, 4) is 0 Å². The maximum absolute atomic E-state index is 4.81. The Balaban J connectivity index is 2.03. The van der Waals surface area contributed by atoms with Crippen molar-refractivity contribution in [3.05, 3.63) is 77.5 Å². The highest BCUT2D eigenvalue weighted by molar-refractivity contribution is 8.03. The predicted molar refractivity (Wildman–Crippen MR) is 139 cm³/mol. The second-order valence-electron chi connectivity index (χ2n) is 9.10. The Bertz CT molecular complexity index is 908. The zero-order chi connectivity index (χ0) is 23.0. The van der Waals surface area contributed by atoms with Gasteiger partial charge in [0.25, 0.3) is 0 Å². The van der Waals surface area contributed by atoms with Gasteiger partial charge >= 0.3 is 0 Å². The molecule has 1 aliphatic heterocycles. The zero-order valence-electron chi connectivity index (χ0n) is 19.9. The van der Waals surface area contributed by atoms with E-state index in [-0.39, 0.29) is 0 Å². The van der Waals surface area contributed by atoms with Crippen molar-refractivity contribution in [2.24, 2.45) is 15.4 Å². The summed E-state index contributed by atoms with van der Waals surface area (Å²) in [6, 6.07) is 8.49. The number of likely N-dealkylation sites (tertiary alicyclic amines) is 1. The van der Waals surface area contributed by atoms with E-state index in [0.29, 0.717) is 5.41 Å². The Morgan fingerprint density at radius 2 is 1.81 bits per heavy atom. The Morgan fingerprint density at radius 1 is 1.13 bits per heavy atom. The second-order valence-corrected chi connectivity index (χ2v) is 10.3. The highest BCUT2D eigenvalue weighted by Crippen LogP contribution is 2.30. The molecule has 0 atom stereocenters. The summed E-state index contributed by atoms with van der Waals surface area (Å²) in [6.07, 6.45) is 6.91. The predicted octanol–water partition coefficient (Wildman–Crippen LogP) is 7.44. The van der Waals surface area contributed by atoms with E-state index in [1.807, 2.05) is 26.1 Å². The standard InChI is InChI=1S/C27H37N3S/c1-9-26(30-15-13-27(7,8)14-16-30)29-23(6)22(5)28-19-21(4)31-25-12-10-11-24(18-25)17-20(2)3/h9-12,18-19H,1-2,4,13-17H2,3,5-8H3/b23-22+,28-19-,29-26+. The Kier molecular flexibility index (Phi) is 9.12. The molecule has 1 heterocycles. The van der Waals surface area contributed by atoms with E-state index in [4.69, 9.17) is 4.99 Å². The third kappa shape index (κ3) is 8.37. The lowest BCUT2D eigenvalue weighted by molar-refractivity contribution is 0.189. The van der Waals surface area contributed by atoms with E-state index in [1.54, 1.807) is 11.8 Å². The molecule has 1 fully saturated rings. The largest absolute Gasteiger partial charge is 0.357 e. The molecule has 0 saturated carbocycles. The van der Waals surface area contributed by atoms with Crippen molar-refractivity contribution in [1.82, 2.24) is 4.90 Å². The van der Waals surface area contributed by atoms with Gasteiger partial charge in [-0.2, -0.15) is 0 Å². The van der Waals surface area contributed by atoms with Crippen molar-refractivity contribution in [1.29, 1.82) is 0 Å².